The van der Waals surface area contributed by atoms with Crippen molar-refractivity contribution in [2.75, 3.05) is 20.7 Å². The second-order valence-electron chi connectivity index (χ2n) is 5.60. The molecule has 2 aromatic rings. The van der Waals surface area contributed by atoms with Gasteiger partial charge >= 0.3 is 5.97 Å². The van der Waals surface area contributed by atoms with E-state index in [1.54, 1.807) is 14.2 Å². The highest BCUT2D eigenvalue weighted by atomic mass is 16.5. The van der Waals surface area contributed by atoms with Crippen LogP contribution < -0.4 is 4.74 Å². The average Bonchev–Trinajstić information content (AvgIpc) is 2.57. The maximum atomic E-state index is 12.4. The van der Waals surface area contributed by atoms with Gasteiger partial charge in [-0.25, -0.2) is 0 Å². The van der Waals surface area contributed by atoms with Crippen molar-refractivity contribution in [3.8, 4) is 5.75 Å². The van der Waals surface area contributed by atoms with Crippen LogP contribution in [-0.2, 0) is 9.59 Å². The second kappa shape index (κ2) is 7.13. The highest BCUT2D eigenvalue weighted by molar-refractivity contribution is 5.88. The van der Waals surface area contributed by atoms with Crippen LogP contribution in [0.4, 0.5) is 0 Å². The van der Waals surface area contributed by atoms with E-state index in [-0.39, 0.29) is 24.8 Å². The molecular weight excluding hydrogens is 294 g/mol. The van der Waals surface area contributed by atoms with E-state index in [0.29, 0.717) is 0 Å². The summed E-state index contributed by atoms with van der Waals surface area (Å²) in [5.74, 6) is -0.515. The van der Waals surface area contributed by atoms with Crippen molar-refractivity contribution in [2.24, 2.45) is 0 Å². The summed E-state index contributed by atoms with van der Waals surface area (Å²) < 4.78 is 5.21. The van der Waals surface area contributed by atoms with Crippen LogP contribution in [0.1, 0.15) is 24.8 Å². The van der Waals surface area contributed by atoms with E-state index in [2.05, 4.69) is 0 Å². The molecule has 2 aromatic carbocycles. The van der Waals surface area contributed by atoms with Gasteiger partial charge in [0.15, 0.2) is 0 Å². The number of benzene rings is 2. The Morgan fingerprint density at radius 3 is 2.48 bits per heavy atom. The number of ether oxygens (including phenoxy) is 1. The molecule has 0 spiro atoms. The Balaban J connectivity index is 2.18. The van der Waals surface area contributed by atoms with Crippen LogP contribution in [0.5, 0.6) is 5.75 Å². The number of carboxylic acid groups (broad SMARTS) is 1. The maximum absolute atomic E-state index is 12.4. The Kier molecular flexibility index (Phi) is 5.21. The Morgan fingerprint density at radius 2 is 1.83 bits per heavy atom. The van der Waals surface area contributed by atoms with Crippen molar-refractivity contribution in [3.63, 3.8) is 0 Å². The van der Waals surface area contributed by atoms with E-state index < -0.39 is 5.97 Å². The molecule has 0 saturated carbocycles. The summed E-state index contributed by atoms with van der Waals surface area (Å²) in [6.07, 6.45) is -0.0491. The van der Waals surface area contributed by atoms with Gasteiger partial charge < -0.3 is 14.7 Å². The second-order valence-corrected chi connectivity index (χ2v) is 5.60. The molecule has 0 aliphatic carbocycles. The third-order valence-corrected chi connectivity index (χ3v) is 3.98. The predicted octanol–water partition coefficient (Wildman–Crippen LogP) is 2.89. The Bertz CT molecular complexity index is 726. The number of nitrogens with zero attached hydrogens (tertiary/aromatic N) is 1. The van der Waals surface area contributed by atoms with Crippen LogP contribution in [0.15, 0.2) is 36.4 Å². The van der Waals surface area contributed by atoms with Gasteiger partial charge in [-0.15, -0.1) is 0 Å². The number of hydrogen-bond acceptors (Lipinski definition) is 3. The molecule has 0 aliphatic rings. The lowest BCUT2D eigenvalue weighted by Crippen LogP contribution is -2.32. The number of likely N-dealkylation sites (N-methyl/N-ethyl adjacent to an activating group) is 1. The van der Waals surface area contributed by atoms with Crippen LogP contribution in [0, 0.1) is 0 Å². The molecule has 0 fully saturated rings. The molecule has 0 heterocycles. The van der Waals surface area contributed by atoms with Gasteiger partial charge in [-0.1, -0.05) is 24.3 Å². The molecule has 0 aliphatic heterocycles. The first-order valence-electron chi connectivity index (χ1n) is 7.47. The molecule has 0 bridgehead atoms. The number of carboxylic acids is 1. The van der Waals surface area contributed by atoms with E-state index in [1.807, 2.05) is 43.3 Å². The van der Waals surface area contributed by atoms with Gasteiger partial charge in [0.1, 0.15) is 5.75 Å². The highest BCUT2D eigenvalue weighted by Crippen LogP contribution is 2.26. The van der Waals surface area contributed by atoms with Crippen molar-refractivity contribution in [3.05, 3.63) is 42.0 Å². The molecule has 1 N–H and O–H groups in total. The molecule has 0 aromatic heterocycles. The predicted molar refractivity (Wildman–Crippen MR) is 88.8 cm³/mol. The molecule has 5 heteroatoms. The number of carbonyl (C=O) groups excluding carboxylic acids is 1. The fourth-order valence-electron chi connectivity index (χ4n) is 2.49. The quantitative estimate of drug-likeness (QED) is 0.890. The van der Waals surface area contributed by atoms with Gasteiger partial charge in [-0.3, -0.25) is 9.59 Å². The summed E-state index contributed by atoms with van der Waals surface area (Å²) in [5.41, 5.74) is 0.912. The fourth-order valence-corrected chi connectivity index (χ4v) is 2.49. The zero-order chi connectivity index (χ0) is 17.0. The number of carbonyl (C=O) groups is 2. The van der Waals surface area contributed by atoms with Gasteiger partial charge in [-0.2, -0.15) is 0 Å². The van der Waals surface area contributed by atoms with Crippen molar-refractivity contribution < 1.29 is 19.4 Å². The van der Waals surface area contributed by atoms with Crippen LogP contribution in [0.3, 0.4) is 0 Å². The van der Waals surface area contributed by atoms with Gasteiger partial charge in [0.05, 0.1) is 19.4 Å². The zero-order valence-electron chi connectivity index (χ0n) is 13.6. The lowest BCUT2D eigenvalue weighted by atomic mass is 9.96. The number of amides is 1. The largest absolute Gasteiger partial charge is 0.497 e. The monoisotopic (exact) mass is 315 g/mol. The Labute approximate surface area is 135 Å². The minimum atomic E-state index is -0.906. The third kappa shape index (κ3) is 4.00. The van der Waals surface area contributed by atoms with E-state index in [1.165, 1.54) is 4.90 Å². The number of hydrogen-bond donors (Lipinski definition) is 1. The topological polar surface area (TPSA) is 66.8 Å². The fraction of sp³-hybridized carbons (Fsp3) is 0.333. The Morgan fingerprint density at radius 1 is 1.17 bits per heavy atom. The molecule has 1 amide bonds. The van der Waals surface area contributed by atoms with Gasteiger partial charge in [-0.05, 0) is 35.4 Å². The van der Waals surface area contributed by atoms with E-state index >= 15 is 0 Å². The summed E-state index contributed by atoms with van der Waals surface area (Å²) in [6.45, 7) is 2.05. The molecule has 1 atom stereocenters. The van der Waals surface area contributed by atoms with Crippen molar-refractivity contribution in [1.29, 1.82) is 0 Å². The minimum absolute atomic E-state index is 0.0491. The summed E-state index contributed by atoms with van der Waals surface area (Å²) >= 11 is 0. The summed E-state index contributed by atoms with van der Waals surface area (Å²) in [5, 5.41) is 10.8. The molecule has 23 heavy (non-hydrogen) atoms. The van der Waals surface area contributed by atoms with Crippen LogP contribution in [0.25, 0.3) is 10.8 Å². The van der Waals surface area contributed by atoms with Crippen LogP contribution >= 0.6 is 0 Å². The first-order chi connectivity index (χ1) is 10.9. The van der Waals surface area contributed by atoms with Gasteiger partial charge in [0.2, 0.25) is 5.91 Å². The van der Waals surface area contributed by atoms with E-state index in [0.717, 1.165) is 22.1 Å². The lowest BCUT2D eigenvalue weighted by Gasteiger charge is -2.21. The average molecular weight is 315 g/mol. The van der Waals surface area contributed by atoms with Crippen molar-refractivity contribution in [1.82, 2.24) is 4.90 Å². The van der Waals surface area contributed by atoms with E-state index in [9.17, 15) is 9.59 Å². The number of methoxy groups -OCH3 is 1. The summed E-state index contributed by atoms with van der Waals surface area (Å²) in [7, 11) is 3.26. The minimum Gasteiger partial charge on any atom is -0.497 e. The Hall–Kier alpha value is -2.56. The number of aliphatic carboxylic acids is 1. The lowest BCUT2D eigenvalue weighted by molar-refractivity contribution is -0.138. The molecule has 0 saturated heterocycles. The van der Waals surface area contributed by atoms with Crippen LogP contribution in [0.2, 0.25) is 0 Å². The molecule has 122 valence electrons. The summed E-state index contributed by atoms with van der Waals surface area (Å²) in [4.78, 5) is 24.5. The number of rotatable bonds is 6. The van der Waals surface area contributed by atoms with Crippen molar-refractivity contribution in [2.45, 2.75) is 19.3 Å². The molecule has 0 radical (unpaired) electrons. The molecule has 2 rings (SSSR count). The maximum Gasteiger partial charge on any atom is 0.305 e. The smallest absolute Gasteiger partial charge is 0.305 e. The molecular formula is C18H21NO4. The third-order valence-electron chi connectivity index (χ3n) is 3.98. The zero-order valence-corrected chi connectivity index (χ0v) is 13.6. The SMILES string of the molecule is COc1ccc2cc([C@H](C)C(=O)N(C)CCC(=O)O)ccc2c1. The molecule has 5 nitrogen and oxygen atoms in total. The first-order valence-corrected chi connectivity index (χ1v) is 7.47. The van der Waals surface area contributed by atoms with Crippen molar-refractivity contribution >= 4 is 22.6 Å². The first kappa shape index (κ1) is 16.8. The van der Waals surface area contributed by atoms with Crippen LogP contribution in [-0.4, -0.2) is 42.6 Å². The van der Waals surface area contributed by atoms with Gasteiger partial charge in [0.25, 0.3) is 0 Å². The summed E-state index contributed by atoms with van der Waals surface area (Å²) in [6, 6.07) is 11.7. The highest BCUT2D eigenvalue weighted by Gasteiger charge is 2.20. The number of fused-ring (bicyclic) bond motifs is 1. The standard InChI is InChI=1S/C18H21NO4/c1-12(18(22)19(2)9-8-17(20)21)13-4-5-15-11-16(23-3)7-6-14(15)10-13/h4-7,10-12H,8-9H2,1-3H3,(H,20,21)/t12-/m0/s1. The molecule has 0 unspecified atom stereocenters. The van der Waals surface area contributed by atoms with Gasteiger partial charge in [0, 0.05) is 13.6 Å². The van der Waals surface area contributed by atoms with E-state index in [4.69, 9.17) is 9.84 Å². The normalized spacial score (nSPS) is 12.0.